The van der Waals surface area contributed by atoms with Crippen LogP contribution in [0.2, 0.25) is 0 Å². The van der Waals surface area contributed by atoms with Gasteiger partial charge in [0.05, 0.1) is 6.10 Å². The van der Waals surface area contributed by atoms with E-state index in [1.807, 2.05) is 12.4 Å². The van der Waals surface area contributed by atoms with Gasteiger partial charge in [0.25, 0.3) is 0 Å². The molecule has 1 unspecified atom stereocenters. The number of hydrogen-bond acceptors (Lipinski definition) is 4. The number of rotatable bonds is 5. The molecule has 4 nitrogen and oxygen atoms in total. The van der Waals surface area contributed by atoms with Gasteiger partial charge in [-0.25, -0.2) is 9.97 Å². The second kappa shape index (κ2) is 6.68. The molecule has 0 amide bonds. The highest BCUT2D eigenvalue weighted by Gasteiger charge is 2.15. The smallest absolute Gasteiger partial charge is 0.222 e. The predicted molar refractivity (Wildman–Crippen MR) is 83.5 cm³/mol. The van der Waals surface area contributed by atoms with Gasteiger partial charge < -0.3 is 10.1 Å². The highest BCUT2D eigenvalue weighted by atomic mass is 16.5. The van der Waals surface area contributed by atoms with Crippen LogP contribution in [0.1, 0.15) is 29.5 Å². The van der Waals surface area contributed by atoms with E-state index in [1.165, 1.54) is 11.1 Å². The average molecular weight is 283 g/mol. The minimum Gasteiger partial charge on any atom is -0.376 e. The van der Waals surface area contributed by atoms with Gasteiger partial charge in [0, 0.05) is 32.0 Å². The van der Waals surface area contributed by atoms with Gasteiger partial charge in [-0.15, -0.1) is 0 Å². The van der Waals surface area contributed by atoms with Crippen LogP contribution in [0, 0.1) is 6.92 Å². The first kappa shape index (κ1) is 14.0. The van der Waals surface area contributed by atoms with E-state index >= 15 is 0 Å². The van der Waals surface area contributed by atoms with Crippen LogP contribution in [0.25, 0.3) is 0 Å². The first-order chi connectivity index (χ1) is 10.3. The molecule has 21 heavy (non-hydrogen) atoms. The van der Waals surface area contributed by atoms with Gasteiger partial charge in [-0.2, -0.15) is 0 Å². The second-order valence-corrected chi connectivity index (χ2v) is 5.60. The Morgan fingerprint density at radius 2 is 2.10 bits per heavy atom. The molecule has 0 radical (unpaired) electrons. The van der Waals surface area contributed by atoms with Gasteiger partial charge in [0.1, 0.15) is 0 Å². The Balaban J connectivity index is 1.56. The van der Waals surface area contributed by atoms with Crippen molar-refractivity contribution in [1.82, 2.24) is 9.97 Å². The van der Waals surface area contributed by atoms with Crippen LogP contribution in [-0.4, -0.2) is 29.2 Å². The number of aryl methyl sites for hydroxylation is 1. The van der Waals surface area contributed by atoms with Gasteiger partial charge >= 0.3 is 0 Å². The highest BCUT2D eigenvalue weighted by molar-refractivity contribution is 5.30. The molecule has 1 aromatic carbocycles. The highest BCUT2D eigenvalue weighted by Crippen LogP contribution is 2.13. The fraction of sp³-hybridized carbons (Fsp3) is 0.412. The zero-order valence-electron chi connectivity index (χ0n) is 12.4. The zero-order chi connectivity index (χ0) is 14.5. The van der Waals surface area contributed by atoms with Crippen molar-refractivity contribution in [3.8, 4) is 0 Å². The van der Waals surface area contributed by atoms with E-state index in [2.05, 4.69) is 46.5 Å². The predicted octanol–water partition coefficient (Wildman–Crippen LogP) is 2.97. The van der Waals surface area contributed by atoms with E-state index < -0.39 is 0 Å². The van der Waals surface area contributed by atoms with E-state index in [9.17, 15) is 0 Å². The molecule has 0 spiro atoms. The van der Waals surface area contributed by atoms with E-state index in [-0.39, 0.29) is 0 Å². The Bertz CT molecular complexity index is 577. The molecule has 1 fully saturated rings. The lowest BCUT2D eigenvalue weighted by molar-refractivity contribution is 0.120. The minimum atomic E-state index is 0.306. The molecule has 1 aromatic heterocycles. The second-order valence-electron chi connectivity index (χ2n) is 5.60. The summed E-state index contributed by atoms with van der Waals surface area (Å²) < 4.78 is 5.57. The molecule has 0 bridgehead atoms. The van der Waals surface area contributed by atoms with Gasteiger partial charge in [0.15, 0.2) is 0 Å². The largest absolute Gasteiger partial charge is 0.376 e. The number of nitrogens with one attached hydrogen (secondary N) is 1. The first-order valence-electron chi connectivity index (χ1n) is 7.51. The lowest BCUT2D eigenvalue weighted by atomic mass is 10.1. The summed E-state index contributed by atoms with van der Waals surface area (Å²) in [6.07, 6.45) is 7.25. The third-order valence-electron chi connectivity index (χ3n) is 3.71. The van der Waals surface area contributed by atoms with Crippen molar-refractivity contribution in [2.24, 2.45) is 0 Å². The van der Waals surface area contributed by atoms with Crippen molar-refractivity contribution in [2.75, 3.05) is 18.5 Å². The zero-order valence-corrected chi connectivity index (χ0v) is 12.4. The maximum atomic E-state index is 5.57. The normalized spacial score (nSPS) is 17.9. The molecule has 0 aliphatic carbocycles. The van der Waals surface area contributed by atoms with Crippen LogP contribution in [0.15, 0.2) is 36.7 Å². The molecule has 0 saturated carbocycles. The summed E-state index contributed by atoms with van der Waals surface area (Å²) in [4.78, 5) is 8.76. The van der Waals surface area contributed by atoms with E-state index in [0.29, 0.717) is 12.1 Å². The summed E-state index contributed by atoms with van der Waals surface area (Å²) in [5.41, 5.74) is 3.70. The average Bonchev–Trinajstić information content (AvgIpc) is 3.00. The SMILES string of the molecule is Cc1cccc(Cc2cnc(NCC3CCCO3)nc2)c1. The summed E-state index contributed by atoms with van der Waals surface area (Å²) in [5, 5.41) is 3.24. The maximum Gasteiger partial charge on any atom is 0.222 e. The van der Waals surface area contributed by atoms with Crippen LogP contribution in [0.4, 0.5) is 5.95 Å². The molecule has 1 aliphatic rings. The van der Waals surface area contributed by atoms with Crippen LogP contribution in [0.3, 0.4) is 0 Å². The standard InChI is InChI=1S/C17H21N3O/c1-13-4-2-5-14(8-13)9-15-10-18-17(19-11-15)20-12-16-6-3-7-21-16/h2,4-5,8,10-11,16H,3,6-7,9,12H2,1H3,(H,18,19,20). The molecule has 2 heterocycles. The summed E-state index contributed by atoms with van der Waals surface area (Å²) >= 11 is 0. The van der Waals surface area contributed by atoms with Crippen LogP contribution in [0.5, 0.6) is 0 Å². The lowest BCUT2D eigenvalue weighted by Crippen LogP contribution is -2.19. The Morgan fingerprint density at radius 1 is 1.24 bits per heavy atom. The first-order valence-corrected chi connectivity index (χ1v) is 7.51. The summed E-state index contributed by atoms with van der Waals surface area (Å²) in [5.74, 6) is 0.679. The van der Waals surface area contributed by atoms with E-state index in [1.54, 1.807) is 0 Å². The molecule has 1 aliphatic heterocycles. The summed E-state index contributed by atoms with van der Waals surface area (Å²) in [6.45, 7) is 3.78. The van der Waals surface area contributed by atoms with Crippen molar-refractivity contribution in [3.05, 3.63) is 53.3 Å². The molecular formula is C17H21N3O. The Labute approximate surface area is 125 Å². The quantitative estimate of drug-likeness (QED) is 0.916. The fourth-order valence-electron chi connectivity index (χ4n) is 2.61. The third-order valence-corrected chi connectivity index (χ3v) is 3.71. The number of benzene rings is 1. The van der Waals surface area contributed by atoms with Crippen molar-refractivity contribution >= 4 is 5.95 Å². The Hall–Kier alpha value is -1.94. The van der Waals surface area contributed by atoms with Gasteiger partial charge in [-0.1, -0.05) is 29.8 Å². The van der Waals surface area contributed by atoms with Crippen LogP contribution < -0.4 is 5.32 Å². The molecule has 2 aromatic rings. The summed E-state index contributed by atoms with van der Waals surface area (Å²) in [6, 6.07) is 8.53. The van der Waals surface area contributed by atoms with Crippen molar-refractivity contribution in [3.63, 3.8) is 0 Å². The topological polar surface area (TPSA) is 47.0 Å². The number of anilines is 1. The van der Waals surface area contributed by atoms with Gasteiger partial charge in [-0.3, -0.25) is 0 Å². The van der Waals surface area contributed by atoms with Crippen LogP contribution in [-0.2, 0) is 11.2 Å². The number of hydrogen-bond donors (Lipinski definition) is 1. The number of nitrogens with zero attached hydrogens (tertiary/aromatic N) is 2. The van der Waals surface area contributed by atoms with Crippen molar-refractivity contribution in [2.45, 2.75) is 32.3 Å². The van der Waals surface area contributed by atoms with Crippen molar-refractivity contribution in [1.29, 1.82) is 0 Å². The maximum absolute atomic E-state index is 5.57. The lowest BCUT2D eigenvalue weighted by Gasteiger charge is -2.10. The monoisotopic (exact) mass is 283 g/mol. The van der Waals surface area contributed by atoms with Crippen molar-refractivity contribution < 1.29 is 4.74 Å². The van der Waals surface area contributed by atoms with Gasteiger partial charge in [-0.05, 0) is 30.9 Å². The molecule has 3 rings (SSSR count). The molecule has 1 atom stereocenters. The molecule has 110 valence electrons. The van der Waals surface area contributed by atoms with E-state index in [4.69, 9.17) is 4.74 Å². The molecule has 1 N–H and O–H groups in total. The Morgan fingerprint density at radius 3 is 2.81 bits per heavy atom. The number of aromatic nitrogens is 2. The Kier molecular flexibility index (Phi) is 4.46. The minimum absolute atomic E-state index is 0.306. The molecular weight excluding hydrogens is 262 g/mol. The molecule has 4 heteroatoms. The summed E-state index contributed by atoms with van der Waals surface area (Å²) in [7, 11) is 0. The van der Waals surface area contributed by atoms with E-state index in [0.717, 1.165) is 38.0 Å². The molecule has 1 saturated heterocycles. The van der Waals surface area contributed by atoms with Crippen LogP contribution >= 0.6 is 0 Å². The number of ether oxygens (including phenoxy) is 1. The fourth-order valence-corrected chi connectivity index (χ4v) is 2.61. The third kappa shape index (κ3) is 4.02. The van der Waals surface area contributed by atoms with Gasteiger partial charge in [0.2, 0.25) is 5.95 Å².